The second-order valence-electron chi connectivity index (χ2n) is 6.48. The Hall–Kier alpha value is -2.80. The Morgan fingerprint density at radius 1 is 1.50 bits per heavy atom. The van der Waals surface area contributed by atoms with Crippen LogP contribution in [0.2, 0.25) is 5.02 Å². The van der Waals surface area contributed by atoms with Gasteiger partial charge in [-0.05, 0) is 42.9 Å². The zero-order chi connectivity index (χ0) is 21.8. The highest BCUT2D eigenvalue weighted by molar-refractivity contribution is 7.73. The lowest BCUT2D eigenvalue weighted by Crippen LogP contribution is -2.37. The third kappa shape index (κ3) is 4.36. The molecule has 154 valence electrons. The van der Waals surface area contributed by atoms with Crippen molar-refractivity contribution in [1.82, 2.24) is 14.1 Å². The van der Waals surface area contributed by atoms with E-state index >= 15 is 0 Å². The summed E-state index contributed by atoms with van der Waals surface area (Å²) in [6.07, 6.45) is 3.19. The molecule has 0 fully saturated rings. The summed E-state index contributed by atoms with van der Waals surface area (Å²) in [5, 5.41) is 9.56. The Morgan fingerprint density at radius 2 is 2.27 bits per heavy atom. The number of fused-ring (bicyclic) bond motifs is 1. The Morgan fingerprint density at radius 3 is 2.93 bits per heavy atom. The van der Waals surface area contributed by atoms with Crippen LogP contribution >= 0.6 is 35.2 Å². The number of halogens is 1. The molecule has 3 rings (SSSR count). The number of aromatic nitrogens is 3. The van der Waals surface area contributed by atoms with E-state index in [2.05, 4.69) is 11.6 Å². The molecule has 0 aliphatic heterocycles. The van der Waals surface area contributed by atoms with Crippen LogP contribution in [0, 0.1) is 22.2 Å². The summed E-state index contributed by atoms with van der Waals surface area (Å²) >= 11 is 12.6. The minimum atomic E-state index is -0.334. The maximum absolute atomic E-state index is 13.0. The van der Waals surface area contributed by atoms with Crippen LogP contribution in [-0.2, 0) is 17.9 Å². The number of carbonyl (C=O) groups is 1. The predicted octanol–water partition coefficient (Wildman–Crippen LogP) is 4.08. The maximum Gasteiger partial charge on any atom is 0.273 e. The van der Waals surface area contributed by atoms with E-state index in [9.17, 15) is 9.59 Å². The fourth-order valence-electron chi connectivity index (χ4n) is 2.96. The predicted molar refractivity (Wildman–Crippen MR) is 122 cm³/mol. The van der Waals surface area contributed by atoms with Gasteiger partial charge in [-0.3, -0.25) is 14.2 Å². The summed E-state index contributed by atoms with van der Waals surface area (Å²) in [5.41, 5.74) is 1.58. The van der Waals surface area contributed by atoms with E-state index < -0.39 is 0 Å². The number of benzene rings is 1. The Labute approximate surface area is 187 Å². The van der Waals surface area contributed by atoms with Crippen molar-refractivity contribution in [3.63, 3.8) is 0 Å². The monoisotopic (exact) mass is 459 g/mol. The molecule has 0 radical (unpaired) electrons. The van der Waals surface area contributed by atoms with Gasteiger partial charge < -0.3 is 9.47 Å². The summed E-state index contributed by atoms with van der Waals surface area (Å²) < 4.78 is 3.90. The molecule has 10 heteroatoms. The number of anilines is 1. The van der Waals surface area contributed by atoms with Crippen molar-refractivity contribution in [2.45, 2.75) is 26.4 Å². The molecule has 0 aliphatic carbocycles. The Bertz CT molecular complexity index is 1290. The van der Waals surface area contributed by atoms with Gasteiger partial charge in [-0.2, -0.15) is 5.26 Å². The van der Waals surface area contributed by atoms with Crippen molar-refractivity contribution in [3.8, 4) is 6.07 Å². The smallest absolute Gasteiger partial charge is 0.273 e. The Balaban J connectivity index is 1.96. The van der Waals surface area contributed by atoms with Crippen molar-refractivity contribution in [2.75, 3.05) is 11.4 Å². The van der Waals surface area contributed by atoms with Gasteiger partial charge >= 0.3 is 0 Å². The molecule has 3 aromatic rings. The number of hydrogen-bond donors (Lipinski definition) is 0. The number of thiazole rings is 1. The van der Waals surface area contributed by atoms with E-state index in [1.165, 1.54) is 15.8 Å². The van der Waals surface area contributed by atoms with Gasteiger partial charge in [-0.1, -0.05) is 29.0 Å². The molecule has 0 saturated heterocycles. The molecule has 7 nitrogen and oxygen atoms in total. The Kier molecular flexibility index (Phi) is 6.82. The van der Waals surface area contributed by atoms with Crippen LogP contribution in [-0.4, -0.2) is 26.6 Å². The van der Waals surface area contributed by atoms with Gasteiger partial charge in [0.15, 0.2) is 9.60 Å². The van der Waals surface area contributed by atoms with Gasteiger partial charge in [0, 0.05) is 23.8 Å². The normalized spacial score (nSPS) is 10.7. The number of aryl methyl sites for hydroxylation is 1. The van der Waals surface area contributed by atoms with Crippen molar-refractivity contribution in [2.24, 2.45) is 0 Å². The van der Waals surface area contributed by atoms with Crippen LogP contribution in [0.1, 0.15) is 12.0 Å². The van der Waals surface area contributed by atoms with Gasteiger partial charge in [0.05, 0.1) is 12.5 Å². The van der Waals surface area contributed by atoms with E-state index in [1.807, 2.05) is 13.0 Å². The topological polar surface area (TPSA) is 83.9 Å². The molecular formula is C20H18ClN5O2S2. The summed E-state index contributed by atoms with van der Waals surface area (Å²) in [5.74, 6) is -0.329. The molecule has 0 aliphatic rings. The third-order valence-electron chi connectivity index (χ3n) is 4.46. The van der Waals surface area contributed by atoms with Crippen LogP contribution < -0.4 is 10.5 Å². The van der Waals surface area contributed by atoms with Crippen LogP contribution in [0.3, 0.4) is 0 Å². The summed E-state index contributed by atoms with van der Waals surface area (Å²) in [6.45, 7) is 5.98. The average molecular weight is 460 g/mol. The zero-order valence-corrected chi connectivity index (χ0v) is 18.6. The fourth-order valence-corrected chi connectivity index (χ4v) is 4.40. The van der Waals surface area contributed by atoms with Gasteiger partial charge in [0.25, 0.3) is 5.56 Å². The fraction of sp³-hybridized carbons (Fsp3) is 0.250. The van der Waals surface area contributed by atoms with Crippen molar-refractivity contribution >= 4 is 57.1 Å². The summed E-state index contributed by atoms with van der Waals surface area (Å²) in [6, 6.07) is 7.25. The van der Waals surface area contributed by atoms with Gasteiger partial charge in [-0.25, -0.2) is 4.98 Å². The van der Waals surface area contributed by atoms with Crippen LogP contribution in [0.5, 0.6) is 0 Å². The highest BCUT2D eigenvalue weighted by Crippen LogP contribution is 2.23. The maximum atomic E-state index is 13.0. The number of hydrogen-bond acceptors (Lipinski definition) is 6. The molecule has 0 bridgehead atoms. The third-order valence-corrected chi connectivity index (χ3v) is 6.31. The molecule has 0 N–H and O–H groups in total. The molecule has 2 heterocycles. The first-order chi connectivity index (χ1) is 14.4. The first-order valence-corrected chi connectivity index (χ1v) is 10.6. The van der Waals surface area contributed by atoms with Crippen LogP contribution in [0.15, 0.2) is 42.0 Å². The molecule has 0 unspecified atom stereocenters. The number of rotatable bonds is 7. The van der Waals surface area contributed by atoms with Crippen LogP contribution in [0.25, 0.3) is 10.3 Å². The molecule has 30 heavy (non-hydrogen) atoms. The molecule has 1 aromatic carbocycles. The number of nitriles is 1. The summed E-state index contributed by atoms with van der Waals surface area (Å²) in [7, 11) is 0. The number of amides is 1. The lowest BCUT2D eigenvalue weighted by atomic mass is 10.2. The number of nitrogens with zero attached hydrogens (tertiary/aromatic N) is 5. The summed E-state index contributed by atoms with van der Waals surface area (Å²) in [4.78, 5) is 31.8. The average Bonchev–Trinajstić information content (AvgIpc) is 3.03. The standard InChI is InChI=1S/C20H18ClN5O2S2/c1-3-8-26-18-17(30-20(26)29)19(28)24(12-23-18)11-16(27)25(9-4-7-22)14-5-6-15(21)13(2)10-14/h3,5-6,10,12H,1,4,8-9,11H2,2H3. The molecular weight excluding hydrogens is 442 g/mol. The second-order valence-corrected chi connectivity index (χ2v) is 8.54. The molecule has 0 atom stereocenters. The molecule has 0 saturated carbocycles. The highest BCUT2D eigenvalue weighted by Gasteiger charge is 2.19. The number of allylic oxidation sites excluding steroid dienone is 1. The second kappa shape index (κ2) is 9.34. The van der Waals surface area contributed by atoms with Crippen molar-refractivity contribution in [1.29, 1.82) is 5.26 Å². The molecule has 0 spiro atoms. The first-order valence-electron chi connectivity index (χ1n) is 9.00. The minimum absolute atomic E-state index is 0.158. The van der Waals surface area contributed by atoms with Crippen LogP contribution in [0.4, 0.5) is 5.69 Å². The first kappa shape index (κ1) is 21.9. The minimum Gasteiger partial charge on any atom is -0.310 e. The van der Waals surface area contributed by atoms with Gasteiger partial charge in [0.2, 0.25) is 5.91 Å². The van der Waals surface area contributed by atoms with E-state index in [1.54, 1.807) is 28.8 Å². The highest BCUT2D eigenvalue weighted by atomic mass is 35.5. The largest absolute Gasteiger partial charge is 0.310 e. The van der Waals surface area contributed by atoms with E-state index in [0.717, 1.165) is 16.9 Å². The molecule has 2 aromatic heterocycles. The lowest BCUT2D eigenvalue weighted by Gasteiger charge is -2.23. The van der Waals surface area contributed by atoms with E-state index in [4.69, 9.17) is 29.1 Å². The lowest BCUT2D eigenvalue weighted by molar-refractivity contribution is -0.119. The quantitative estimate of drug-likeness (QED) is 0.392. The van der Waals surface area contributed by atoms with E-state index in [-0.39, 0.29) is 31.0 Å². The molecule has 1 amide bonds. The van der Waals surface area contributed by atoms with Crippen molar-refractivity contribution in [3.05, 3.63) is 62.1 Å². The van der Waals surface area contributed by atoms with Gasteiger partial charge in [-0.15, -0.1) is 6.58 Å². The SMILES string of the molecule is C=CCn1c(=S)sc2c(=O)n(CC(=O)N(CCC#N)c3ccc(Cl)c(C)c3)cnc21. The number of carbonyl (C=O) groups excluding carboxylic acids is 1. The van der Waals surface area contributed by atoms with Crippen molar-refractivity contribution < 1.29 is 4.79 Å². The van der Waals surface area contributed by atoms with E-state index in [0.29, 0.717) is 31.6 Å². The zero-order valence-electron chi connectivity index (χ0n) is 16.2. The van der Waals surface area contributed by atoms with Gasteiger partial charge in [0.1, 0.15) is 17.6 Å².